The Kier molecular flexibility index (Phi) is 7.36. The molecule has 0 heterocycles. The molecular formula is C24H24N4. The minimum absolute atomic E-state index is 1.05. The van der Waals surface area contributed by atoms with Gasteiger partial charge in [-0.25, -0.2) is 0 Å². The quantitative estimate of drug-likeness (QED) is 0.304. The highest BCUT2D eigenvalue weighted by molar-refractivity contribution is 5.52. The van der Waals surface area contributed by atoms with Crippen LogP contribution in [0.25, 0.3) is 0 Å². The molecule has 4 aromatic rings. The Morgan fingerprint density at radius 3 is 0.607 bits per heavy atom. The standard InChI is InChI=1S/2C12H12N2/c2*1-3-7-11(8-4-1)13-14-12-9-5-2-6-10-12/h2*1-10,13-14H. The molecule has 0 saturated carbocycles. The van der Waals surface area contributed by atoms with E-state index in [1.807, 2.05) is 121 Å². The maximum absolute atomic E-state index is 3.11. The lowest BCUT2D eigenvalue weighted by molar-refractivity contribution is 1.41. The smallest absolute Gasteiger partial charge is 0.0539 e. The van der Waals surface area contributed by atoms with Crippen molar-refractivity contribution >= 4 is 22.7 Å². The van der Waals surface area contributed by atoms with Gasteiger partial charge in [0, 0.05) is 0 Å². The number of hydrogen-bond acceptors (Lipinski definition) is 4. The van der Waals surface area contributed by atoms with E-state index in [0.717, 1.165) is 22.7 Å². The number of nitrogens with one attached hydrogen (secondary N) is 4. The predicted molar refractivity (Wildman–Crippen MR) is 120 cm³/mol. The lowest BCUT2D eigenvalue weighted by Gasteiger charge is -2.08. The van der Waals surface area contributed by atoms with Gasteiger partial charge in [-0.15, -0.1) is 0 Å². The van der Waals surface area contributed by atoms with Crippen molar-refractivity contribution in [1.82, 2.24) is 0 Å². The molecule has 4 N–H and O–H groups in total. The first kappa shape index (κ1) is 18.9. The van der Waals surface area contributed by atoms with Gasteiger partial charge < -0.3 is 21.7 Å². The summed E-state index contributed by atoms with van der Waals surface area (Å²) in [7, 11) is 0. The summed E-state index contributed by atoms with van der Waals surface area (Å²) in [5.41, 5.74) is 16.7. The molecule has 4 rings (SSSR count). The van der Waals surface area contributed by atoms with Crippen LogP contribution in [0.3, 0.4) is 0 Å². The lowest BCUT2D eigenvalue weighted by Crippen LogP contribution is -2.07. The Morgan fingerprint density at radius 1 is 0.250 bits per heavy atom. The van der Waals surface area contributed by atoms with E-state index in [1.54, 1.807) is 0 Å². The summed E-state index contributed by atoms with van der Waals surface area (Å²) in [6.07, 6.45) is 0. The molecule has 140 valence electrons. The van der Waals surface area contributed by atoms with Crippen LogP contribution in [0.5, 0.6) is 0 Å². The van der Waals surface area contributed by atoms with E-state index in [4.69, 9.17) is 0 Å². The van der Waals surface area contributed by atoms with Crippen LogP contribution in [-0.2, 0) is 0 Å². The molecule has 0 fully saturated rings. The van der Waals surface area contributed by atoms with Gasteiger partial charge in [-0.2, -0.15) is 0 Å². The average molecular weight is 368 g/mol. The zero-order valence-corrected chi connectivity index (χ0v) is 15.5. The first-order valence-electron chi connectivity index (χ1n) is 9.14. The van der Waals surface area contributed by atoms with Gasteiger partial charge in [-0.05, 0) is 48.5 Å². The van der Waals surface area contributed by atoms with Crippen molar-refractivity contribution < 1.29 is 0 Å². The van der Waals surface area contributed by atoms with Gasteiger partial charge in [0.05, 0.1) is 22.7 Å². The summed E-state index contributed by atoms with van der Waals surface area (Å²) < 4.78 is 0. The fraction of sp³-hybridized carbons (Fsp3) is 0. The summed E-state index contributed by atoms with van der Waals surface area (Å²) in [5, 5.41) is 0. The van der Waals surface area contributed by atoms with Gasteiger partial charge in [0.15, 0.2) is 0 Å². The van der Waals surface area contributed by atoms with Crippen molar-refractivity contribution in [1.29, 1.82) is 0 Å². The van der Waals surface area contributed by atoms with Crippen molar-refractivity contribution in [2.75, 3.05) is 21.7 Å². The monoisotopic (exact) mass is 368 g/mol. The minimum Gasteiger partial charge on any atom is -0.301 e. The number of hydrazine groups is 2. The molecule has 0 spiro atoms. The van der Waals surface area contributed by atoms with Crippen molar-refractivity contribution in [3.8, 4) is 0 Å². The van der Waals surface area contributed by atoms with Gasteiger partial charge in [0.2, 0.25) is 0 Å². The molecule has 0 aliphatic rings. The van der Waals surface area contributed by atoms with E-state index in [9.17, 15) is 0 Å². The Bertz CT molecular complexity index is 740. The fourth-order valence-corrected chi connectivity index (χ4v) is 2.37. The van der Waals surface area contributed by atoms with Crippen molar-refractivity contribution in [3.05, 3.63) is 121 Å². The molecule has 0 aliphatic heterocycles. The van der Waals surface area contributed by atoms with Crippen molar-refractivity contribution in [2.24, 2.45) is 0 Å². The maximum Gasteiger partial charge on any atom is 0.0539 e. The highest BCUT2D eigenvalue weighted by Gasteiger charge is 1.90. The van der Waals surface area contributed by atoms with Crippen LogP contribution in [-0.4, -0.2) is 0 Å². The van der Waals surface area contributed by atoms with Crippen LogP contribution in [0, 0.1) is 0 Å². The Labute approximate surface area is 166 Å². The molecule has 4 heteroatoms. The summed E-state index contributed by atoms with van der Waals surface area (Å²) in [5.74, 6) is 0. The molecule has 0 aliphatic carbocycles. The molecular weight excluding hydrogens is 344 g/mol. The molecule has 0 radical (unpaired) electrons. The Hall–Kier alpha value is -3.92. The Balaban J connectivity index is 0.000000161. The second-order valence-electron chi connectivity index (χ2n) is 5.96. The van der Waals surface area contributed by atoms with Gasteiger partial charge in [0.1, 0.15) is 0 Å². The van der Waals surface area contributed by atoms with E-state index in [2.05, 4.69) is 21.7 Å². The normalized spacial score (nSPS) is 9.43. The molecule has 0 bridgehead atoms. The molecule has 0 unspecified atom stereocenters. The second-order valence-corrected chi connectivity index (χ2v) is 5.96. The number of hydrogen-bond donors (Lipinski definition) is 4. The van der Waals surface area contributed by atoms with Crippen LogP contribution >= 0.6 is 0 Å². The molecule has 4 aromatic carbocycles. The summed E-state index contributed by atoms with van der Waals surface area (Å²) in [6.45, 7) is 0. The molecule has 0 atom stereocenters. The summed E-state index contributed by atoms with van der Waals surface area (Å²) in [6, 6.07) is 40.0. The summed E-state index contributed by atoms with van der Waals surface area (Å²) >= 11 is 0. The third kappa shape index (κ3) is 6.77. The number of benzene rings is 4. The van der Waals surface area contributed by atoms with E-state index >= 15 is 0 Å². The second kappa shape index (κ2) is 10.9. The molecule has 0 amide bonds. The Morgan fingerprint density at radius 2 is 0.429 bits per heavy atom. The van der Waals surface area contributed by atoms with Gasteiger partial charge in [-0.1, -0.05) is 72.8 Å². The first-order valence-corrected chi connectivity index (χ1v) is 9.14. The highest BCUT2D eigenvalue weighted by atomic mass is 15.4. The van der Waals surface area contributed by atoms with Gasteiger partial charge in [-0.3, -0.25) is 0 Å². The van der Waals surface area contributed by atoms with E-state index < -0.39 is 0 Å². The predicted octanol–water partition coefficient (Wildman–Crippen LogP) is 6.25. The average Bonchev–Trinajstić information content (AvgIpc) is 2.80. The van der Waals surface area contributed by atoms with Gasteiger partial charge >= 0.3 is 0 Å². The van der Waals surface area contributed by atoms with Crippen LogP contribution in [0.2, 0.25) is 0 Å². The zero-order chi connectivity index (χ0) is 19.3. The van der Waals surface area contributed by atoms with Crippen LogP contribution in [0.4, 0.5) is 22.7 Å². The highest BCUT2D eigenvalue weighted by Crippen LogP contribution is 2.09. The summed E-state index contributed by atoms with van der Waals surface area (Å²) in [4.78, 5) is 0. The van der Waals surface area contributed by atoms with E-state index in [0.29, 0.717) is 0 Å². The third-order valence-electron chi connectivity index (χ3n) is 3.80. The van der Waals surface area contributed by atoms with Crippen molar-refractivity contribution in [2.45, 2.75) is 0 Å². The van der Waals surface area contributed by atoms with Crippen molar-refractivity contribution in [3.63, 3.8) is 0 Å². The molecule has 28 heavy (non-hydrogen) atoms. The lowest BCUT2D eigenvalue weighted by atomic mass is 10.3. The van der Waals surface area contributed by atoms with Crippen LogP contribution in [0.15, 0.2) is 121 Å². The molecule has 0 saturated heterocycles. The largest absolute Gasteiger partial charge is 0.301 e. The van der Waals surface area contributed by atoms with E-state index in [-0.39, 0.29) is 0 Å². The number of para-hydroxylation sites is 4. The minimum atomic E-state index is 1.05. The third-order valence-corrected chi connectivity index (χ3v) is 3.80. The topological polar surface area (TPSA) is 48.1 Å². The fourth-order valence-electron chi connectivity index (χ4n) is 2.37. The SMILES string of the molecule is c1ccc(NNc2ccccc2)cc1.c1ccc(NNc2ccccc2)cc1. The number of anilines is 4. The van der Waals surface area contributed by atoms with Gasteiger partial charge in [0.25, 0.3) is 0 Å². The van der Waals surface area contributed by atoms with Crippen LogP contribution in [0.1, 0.15) is 0 Å². The zero-order valence-electron chi connectivity index (χ0n) is 15.5. The van der Waals surface area contributed by atoms with Crippen LogP contribution < -0.4 is 21.7 Å². The first-order chi connectivity index (χ1) is 13.9. The molecule has 0 aromatic heterocycles. The van der Waals surface area contributed by atoms with E-state index in [1.165, 1.54) is 0 Å². The maximum atomic E-state index is 3.11. The number of rotatable bonds is 6. The molecule has 4 nitrogen and oxygen atoms in total.